The fraction of sp³-hybridized carbons (Fsp3) is 0.652. The van der Waals surface area contributed by atoms with Gasteiger partial charge in [0.15, 0.2) is 5.65 Å². The van der Waals surface area contributed by atoms with Crippen molar-refractivity contribution in [1.29, 1.82) is 0 Å². The molecule has 1 spiro atoms. The van der Waals surface area contributed by atoms with Crippen molar-refractivity contribution >= 4 is 17.6 Å². The van der Waals surface area contributed by atoms with Crippen molar-refractivity contribution in [3.8, 4) is 0 Å². The predicted octanol–water partition coefficient (Wildman–Crippen LogP) is 3.63. The van der Waals surface area contributed by atoms with E-state index in [1.807, 2.05) is 18.7 Å². The van der Waals surface area contributed by atoms with Crippen LogP contribution in [0, 0.1) is 11.8 Å². The first-order valence-corrected chi connectivity index (χ1v) is 11.9. The molecule has 1 N–H and O–H groups in total. The van der Waals surface area contributed by atoms with Crippen LogP contribution in [0.25, 0.3) is 5.65 Å². The Hall–Kier alpha value is -2.69. The lowest BCUT2D eigenvalue weighted by Gasteiger charge is -2.42. The first kappa shape index (κ1) is 23.1. The number of urea groups is 1. The highest BCUT2D eigenvalue weighted by atomic mass is 19.4. The van der Waals surface area contributed by atoms with Gasteiger partial charge in [-0.3, -0.25) is 14.1 Å². The van der Waals surface area contributed by atoms with E-state index >= 15 is 0 Å². The van der Waals surface area contributed by atoms with Crippen LogP contribution >= 0.6 is 0 Å². The Balaban J connectivity index is 1.35. The van der Waals surface area contributed by atoms with E-state index in [2.05, 4.69) is 15.5 Å². The smallest absolute Gasteiger partial charge is 0.323 e. The number of imide groups is 1. The molecule has 3 fully saturated rings. The summed E-state index contributed by atoms with van der Waals surface area (Å²) in [6.07, 6.45) is 0.943. The molecular weight excluding hydrogens is 449 g/mol. The third-order valence-corrected chi connectivity index (χ3v) is 7.95. The van der Waals surface area contributed by atoms with Crippen LogP contribution in [0.15, 0.2) is 18.3 Å². The quantitative estimate of drug-likeness (QED) is 0.682. The van der Waals surface area contributed by atoms with Crippen LogP contribution in [0.2, 0.25) is 0 Å². The highest BCUT2D eigenvalue weighted by Crippen LogP contribution is 2.42. The van der Waals surface area contributed by atoms with Gasteiger partial charge in [-0.2, -0.15) is 13.2 Å². The maximum Gasteiger partial charge on any atom is 0.417 e. The topological polar surface area (TPSA) is 82.8 Å². The molecule has 2 saturated heterocycles. The maximum absolute atomic E-state index is 13.5. The Morgan fingerprint density at radius 1 is 1.09 bits per heavy atom. The second kappa shape index (κ2) is 8.21. The summed E-state index contributed by atoms with van der Waals surface area (Å²) < 4.78 is 41.1. The standard InChI is InChI=1S/C23H29F3N6O2/c1-14-5-3-6-15(2)22(14)20(33)32(21(34)27-22)13-30-10-4-7-16(11-30)19-29-28-18-9-8-17(12-31(18)19)23(24,25)26/h8-9,12,14-16H,3-7,10-11,13H2,1-2H3,(H,27,34)/t14-,15+,16-,22?/m1/s1. The number of pyridine rings is 1. The first-order valence-electron chi connectivity index (χ1n) is 11.9. The summed E-state index contributed by atoms with van der Waals surface area (Å²) >= 11 is 0. The number of nitrogens with zero attached hydrogens (tertiary/aromatic N) is 5. The minimum atomic E-state index is -4.46. The Morgan fingerprint density at radius 3 is 2.53 bits per heavy atom. The van der Waals surface area contributed by atoms with Crippen LogP contribution in [0.3, 0.4) is 0 Å². The molecule has 5 rings (SSSR count). The average Bonchev–Trinajstić information content (AvgIpc) is 3.32. The van der Waals surface area contributed by atoms with Gasteiger partial charge in [-0.05, 0) is 56.2 Å². The van der Waals surface area contributed by atoms with E-state index in [9.17, 15) is 22.8 Å². The molecule has 2 aliphatic heterocycles. The summed E-state index contributed by atoms with van der Waals surface area (Å²) in [5.41, 5.74) is -1.24. The summed E-state index contributed by atoms with van der Waals surface area (Å²) in [6.45, 7) is 5.38. The number of amides is 3. The number of rotatable bonds is 3. The van der Waals surface area contributed by atoms with Crippen molar-refractivity contribution < 1.29 is 22.8 Å². The lowest BCUT2D eigenvalue weighted by Crippen LogP contribution is -2.59. The number of alkyl halides is 3. The number of piperidine rings is 1. The normalized spacial score (nSPS) is 31.0. The number of hydrogen-bond acceptors (Lipinski definition) is 5. The van der Waals surface area contributed by atoms with Crippen molar-refractivity contribution in [2.75, 3.05) is 19.8 Å². The lowest BCUT2D eigenvalue weighted by molar-refractivity contribution is -0.138. The predicted molar refractivity (Wildman–Crippen MR) is 117 cm³/mol. The van der Waals surface area contributed by atoms with Gasteiger partial charge in [-0.1, -0.05) is 20.3 Å². The fourth-order valence-electron chi connectivity index (χ4n) is 6.03. The number of halogens is 3. The van der Waals surface area contributed by atoms with Crippen LogP contribution in [0.4, 0.5) is 18.0 Å². The van der Waals surface area contributed by atoms with E-state index < -0.39 is 17.3 Å². The highest BCUT2D eigenvalue weighted by molar-refractivity contribution is 6.07. The number of likely N-dealkylation sites (tertiary alicyclic amines) is 1. The highest BCUT2D eigenvalue weighted by Gasteiger charge is 2.58. The molecule has 4 heterocycles. The van der Waals surface area contributed by atoms with Crippen LogP contribution in [-0.4, -0.2) is 61.6 Å². The molecule has 1 aliphatic carbocycles. The van der Waals surface area contributed by atoms with Crippen molar-refractivity contribution in [2.24, 2.45) is 11.8 Å². The largest absolute Gasteiger partial charge is 0.417 e. The van der Waals surface area contributed by atoms with Crippen LogP contribution in [-0.2, 0) is 11.0 Å². The van der Waals surface area contributed by atoms with Gasteiger partial charge >= 0.3 is 12.2 Å². The molecule has 2 aromatic heterocycles. The van der Waals surface area contributed by atoms with Crippen LogP contribution in [0.1, 0.15) is 63.3 Å². The minimum Gasteiger partial charge on any atom is -0.323 e. The van der Waals surface area contributed by atoms with Gasteiger partial charge in [0.2, 0.25) is 0 Å². The fourth-order valence-corrected chi connectivity index (χ4v) is 6.03. The molecule has 1 saturated carbocycles. The monoisotopic (exact) mass is 478 g/mol. The van der Waals surface area contributed by atoms with Gasteiger partial charge in [-0.25, -0.2) is 9.69 Å². The molecule has 3 aliphatic rings. The molecule has 8 nitrogen and oxygen atoms in total. The van der Waals surface area contributed by atoms with E-state index in [1.165, 1.54) is 15.4 Å². The van der Waals surface area contributed by atoms with E-state index in [4.69, 9.17) is 0 Å². The average molecular weight is 479 g/mol. The SMILES string of the molecule is C[C@@H]1CCC[C@H](C)C12NC(=O)N(CN1CCC[C@@H](c3nnc4ccc(C(F)(F)F)cn34)C1)C2=O. The number of aromatic nitrogens is 3. The zero-order valence-electron chi connectivity index (χ0n) is 19.3. The number of carbonyl (C=O) groups excluding carboxylic acids is 2. The summed E-state index contributed by atoms with van der Waals surface area (Å²) in [5, 5.41) is 11.2. The third-order valence-electron chi connectivity index (χ3n) is 7.95. The minimum absolute atomic E-state index is 0.0667. The Labute approximate surface area is 195 Å². The molecule has 34 heavy (non-hydrogen) atoms. The van der Waals surface area contributed by atoms with Crippen molar-refractivity contribution in [3.63, 3.8) is 0 Å². The van der Waals surface area contributed by atoms with Gasteiger partial charge in [0, 0.05) is 18.7 Å². The van der Waals surface area contributed by atoms with E-state index in [1.54, 1.807) is 0 Å². The van der Waals surface area contributed by atoms with Gasteiger partial charge in [0.05, 0.1) is 12.2 Å². The number of nitrogens with one attached hydrogen (secondary N) is 1. The summed E-state index contributed by atoms with van der Waals surface area (Å²) in [7, 11) is 0. The number of hydrogen-bond donors (Lipinski definition) is 1. The zero-order valence-corrected chi connectivity index (χ0v) is 19.3. The molecule has 0 radical (unpaired) electrons. The second-order valence-corrected chi connectivity index (χ2v) is 10.0. The molecule has 0 bridgehead atoms. The van der Waals surface area contributed by atoms with Gasteiger partial charge in [0.25, 0.3) is 5.91 Å². The molecule has 3 amide bonds. The Morgan fingerprint density at radius 2 is 1.82 bits per heavy atom. The Bertz CT molecular complexity index is 1110. The first-order chi connectivity index (χ1) is 16.1. The molecule has 0 aromatic carbocycles. The molecular formula is C23H29F3N6O2. The van der Waals surface area contributed by atoms with Crippen molar-refractivity contribution in [1.82, 2.24) is 29.7 Å². The maximum atomic E-state index is 13.5. The van der Waals surface area contributed by atoms with E-state index in [0.717, 1.165) is 44.4 Å². The summed E-state index contributed by atoms with van der Waals surface area (Å²) in [4.78, 5) is 29.7. The van der Waals surface area contributed by atoms with Crippen molar-refractivity contribution in [2.45, 2.75) is 63.6 Å². The zero-order chi connectivity index (χ0) is 24.3. The van der Waals surface area contributed by atoms with Gasteiger partial charge in [-0.15, -0.1) is 10.2 Å². The molecule has 11 heteroatoms. The van der Waals surface area contributed by atoms with Crippen LogP contribution in [0.5, 0.6) is 0 Å². The summed E-state index contributed by atoms with van der Waals surface area (Å²) in [5.74, 6) is 0.277. The van der Waals surface area contributed by atoms with E-state index in [0.29, 0.717) is 24.6 Å². The Kier molecular flexibility index (Phi) is 5.57. The van der Waals surface area contributed by atoms with E-state index in [-0.39, 0.29) is 36.4 Å². The summed E-state index contributed by atoms with van der Waals surface area (Å²) in [6, 6.07) is 1.95. The molecule has 4 atom stereocenters. The van der Waals surface area contributed by atoms with Crippen molar-refractivity contribution in [3.05, 3.63) is 29.7 Å². The molecule has 1 unspecified atom stereocenters. The molecule has 2 aromatic rings. The number of carbonyl (C=O) groups is 2. The van der Waals surface area contributed by atoms with Gasteiger partial charge < -0.3 is 5.32 Å². The third kappa shape index (κ3) is 3.64. The van der Waals surface area contributed by atoms with Gasteiger partial charge in [0.1, 0.15) is 11.4 Å². The van der Waals surface area contributed by atoms with Crippen LogP contribution < -0.4 is 5.32 Å². The second-order valence-electron chi connectivity index (χ2n) is 10.0. The lowest BCUT2D eigenvalue weighted by atomic mass is 9.67. The number of fused-ring (bicyclic) bond motifs is 1. The molecule has 184 valence electrons.